The van der Waals surface area contributed by atoms with Gasteiger partial charge in [0.05, 0.1) is 36.5 Å². The van der Waals surface area contributed by atoms with E-state index in [1.54, 1.807) is 31.4 Å². The second kappa shape index (κ2) is 11.1. The van der Waals surface area contributed by atoms with Crippen LogP contribution in [-0.4, -0.2) is 21.9 Å². The molecule has 5 rings (SSSR count). The van der Waals surface area contributed by atoms with Crippen molar-refractivity contribution in [2.24, 2.45) is 4.99 Å². The van der Waals surface area contributed by atoms with E-state index in [1.165, 1.54) is 11.8 Å². The number of esters is 1. The number of nitrogens with zero attached hydrogens (tertiary/aromatic N) is 2. The van der Waals surface area contributed by atoms with E-state index in [2.05, 4.69) is 5.32 Å². The third-order valence-corrected chi connectivity index (χ3v) is 7.10. The van der Waals surface area contributed by atoms with Crippen LogP contribution in [-0.2, 0) is 27.5 Å². The zero-order chi connectivity index (χ0) is 25.8. The number of carbonyl (C=O) groups is 2. The number of rotatable bonds is 8. The van der Waals surface area contributed by atoms with Gasteiger partial charge in [-0.05, 0) is 47.7 Å². The summed E-state index contributed by atoms with van der Waals surface area (Å²) in [5.74, 6) is 0.0311. The van der Waals surface area contributed by atoms with Gasteiger partial charge in [0.25, 0.3) is 0 Å². The van der Waals surface area contributed by atoms with Crippen molar-refractivity contribution in [3.05, 3.63) is 117 Å². The van der Waals surface area contributed by atoms with Crippen LogP contribution in [0.4, 0.5) is 0 Å². The van der Waals surface area contributed by atoms with Gasteiger partial charge in [-0.2, -0.15) is 0 Å². The maximum absolute atomic E-state index is 13.5. The van der Waals surface area contributed by atoms with Gasteiger partial charge < -0.3 is 19.4 Å². The highest BCUT2D eigenvalue weighted by Crippen LogP contribution is 2.45. The monoisotopic (exact) mass is 533 g/mol. The molecule has 3 heterocycles. The number of fused-ring (bicyclic) bond motifs is 1. The normalized spacial score (nSPS) is 16.7. The largest absolute Gasteiger partial charge is 0.467 e. The van der Waals surface area contributed by atoms with Gasteiger partial charge in [0.15, 0.2) is 5.17 Å². The van der Waals surface area contributed by atoms with Gasteiger partial charge >= 0.3 is 5.97 Å². The number of benzene rings is 2. The van der Waals surface area contributed by atoms with Crippen LogP contribution in [0.5, 0.6) is 0 Å². The minimum absolute atomic E-state index is 0.106. The number of furan rings is 1. The number of amides is 1. The first-order valence-corrected chi connectivity index (χ1v) is 13.0. The molecule has 0 saturated carbocycles. The number of allylic oxidation sites excluding steroid dienone is 1. The maximum Gasteiger partial charge on any atom is 0.338 e. The van der Waals surface area contributed by atoms with Crippen LogP contribution in [0.25, 0.3) is 0 Å². The summed E-state index contributed by atoms with van der Waals surface area (Å²) in [4.78, 5) is 32.9. The van der Waals surface area contributed by atoms with Crippen LogP contribution in [0, 0.1) is 0 Å². The van der Waals surface area contributed by atoms with Gasteiger partial charge in [-0.1, -0.05) is 65.8 Å². The number of aliphatic imine (C=N–C) groups is 1. The number of nitrogens with one attached hydrogen (secondary N) is 1. The van der Waals surface area contributed by atoms with Gasteiger partial charge in [-0.25, -0.2) is 9.79 Å². The van der Waals surface area contributed by atoms with E-state index in [1.807, 2.05) is 58.8 Å². The zero-order valence-electron chi connectivity index (χ0n) is 20.0. The van der Waals surface area contributed by atoms with Crippen molar-refractivity contribution in [1.29, 1.82) is 0 Å². The average molecular weight is 534 g/mol. The van der Waals surface area contributed by atoms with Crippen molar-refractivity contribution >= 4 is 40.4 Å². The summed E-state index contributed by atoms with van der Waals surface area (Å²) in [5, 5.41) is 6.01. The van der Waals surface area contributed by atoms with Crippen LogP contribution >= 0.6 is 23.4 Å². The van der Waals surface area contributed by atoms with Gasteiger partial charge in [0.2, 0.25) is 5.91 Å². The number of hydrogen-bond acceptors (Lipinski definition) is 7. The topological polar surface area (TPSA) is 84.1 Å². The highest BCUT2D eigenvalue weighted by Gasteiger charge is 2.41. The Morgan fingerprint density at radius 3 is 2.73 bits per heavy atom. The molecule has 0 saturated heterocycles. The summed E-state index contributed by atoms with van der Waals surface area (Å²) < 4.78 is 11.0. The molecule has 2 aromatic carbocycles. The van der Waals surface area contributed by atoms with Crippen molar-refractivity contribution in [2.45, 2.75) is 32.5 Å². The fourth-order valence-electron chi connectivity index (χ4n) is 4.25. The van der Waals surface area contributed by atoms with Crippen LogP contribution in [0.3, 0.4) is 0 Å². The van der Waals surface area contributed by atoms with Crippen LogP contribution in [0.1, 0.15) is 36.3 Å². The Kier molecular flexibility index (Phi) is 7.48. The van der Waals surface area contributed by atoms with Crippen LogP contribution < -0.4 is 5.32 Å². The first-order chi connectivity index (χ1) is 18.0. The first kappa shape index (κ1) is 24.9. The Balaban J connectivity index is 1.41. The van der Waals surface area contributed by atoms with E-state index in [0.29, 0.717) is 33.8 Å². The molecule has 7 nitrogen and oxygen atoms in total. The van der Waals surface area contributed by atoms with Crippen LogP contribution in [0.2, 0.25) is 5.02 Å². The molecular formula is C28H24ClN3O4S. The van der Waals surface area contributed by atoms with Crippen molar-refractivity contribution in [3.63, 3.8) is 0 Å². The van der Waals surface area contributed by atoms with E-state index in [-0.39, 0.29) is 18.9 Å². The quantitative estimate of drug-likeness (QED) is 0.360. The number of thioether (sulfide) groups is 1. The van der Waals surface area contributed by atoms with E-state index in [4.69, 9.17) is 25.7 Å². The molecule has 37 heavy (non-hydrogen) atoms. The number of hydrogen-bond donors (Lipinski definition) is 1. The van der Waals surface area contributed by atoms with E-state index in [9.17, 15) is 9.59 Å². The second-order valence-electron chi connectivity index (χ2n) is 8.54. The highest BCUT2D eigenvalue weighted by atomic mass is 35.5. The molecular weight excluding hydrogens is 510 g/mol. The summed E-state index contributed by atoms with van der Waals surface area (Å²) >= 11 is 7.77. The fraction of sp³-hybridized carbons (Fsp3) is 0.179. The molecule has 1 unspecified atom stereocenters. The standard InChI is InChI=1S/C28H24ClN3O4S/c1-18-25(27(34)36-16-19-7-3-2-4-8-19)26(20-9-5-10-21(29)13-20)32-22(17-37-28(32)31-18)14-24(33)30-15-23-11-6-12-35-23/h2-13,17,26H,14-16H2,1H3,(H,30,33). The molecule has 0 fully saturated rings. The zero-order valence-corrected chi connectivity index (χ0v) is 21.6. The minimum atomic E-state index is -0.548. The van der Waals surface area contributed by atoms with Crippen molar-refractivity contribution in [1.82, 2.24) is 10.2 Å². The van der Waals surface area contributed by atoms with Crippen molar-refractivity contribution in [3.8, 4) is 0 Å². The Morgan fingerprint density at radius 2 is 1.97 bits per heavy atom. The predicted molar refractivity (Wildman–Crippen MR) is 143 cm³/mol. The highest BCUT2D eigenvalue weighted by molar-refractivity contribution is 8.16. The minimum Gasteiger partial charge on any atom is -0.467 e. The molecule has 0 aliphatic carbocycles. The summed E-state index contributed by atoms with van der Waals surface area (Å²) in [6.45, 7) is 2.23. The Labute approximate surface area is 223 Å². The molecule has 188 valence electrons. The van der Waals surface area contributed by atoms with Crippen molar-refractivity contribution in [2.75, 3.05) is 0 Å². The summed E-state index contributed by atoms with van der Waals surface area (Å²) in [5.41, 5.74) is 3.39. The third kappa shape index (κ3) is 5.65. The van der Waals surface area contributed by atoms with Gasteiger partial charge in [0, 0.05) is 10.7 Å². The van der Waals surface area contributed by atoms with Gasteiger partial charge in [-0.3, -0.25) is 4.79 Å². The SMILES string of the molecule is CC1=C(C(=O)OCc2ccccc2)C(c2cccc(Cl)c2)N2C(CC(=O)NCc3ccco3)=CSC2=N1. The summed E-state index contributed by atoms with van der Waals surface area (Å²) in [6.07, 6.45) is 1.67. The Bertz CT molecular complexity index is 1400. The van der Waals surface area contributed by atoms with E-state index >= 15 is 0 Å². The number of halogens is 1. The smallest absolute Gasteiger partial charge is 0.338 e. The summed E-state index contributed by atoms with van der Waals surface area (Å²) in [7, 11) is 0. The molecule has 1 amide bonds. The van der Waals surface area contributed by atoms with Crippen molar-refractivity contribution < 1.29 is 18.7 Å². The fourth-order valence-corrected chi connectivity index (χ4v) is 5.41. The molecule has 2 aliphatic heterocycles. The number of amidine groups is 1. The Morgan fingerprint density at radius 1 is 1.14 bits per heavy atom. The molecule has 3 aromatic rings. The third-order valence-electron chi connectivity index (χ3n) is 5.98. The van der Waals surface area contributed by atoms with E-state index < -0.39 is 12.0 Å². The lowest BCUT2D eigenvalue weighted by molar-refractivity contribution is -0.141. The van der Waals surface area contributed by atoms with Crippen LogP contribution in [0.15, 0.2) is 105 Å². The number of carbonyl (C=O) groups excluding carboxylic acids is 2. The molecule has 1 aromatic heterocycles. The molecule has 2 aliphatic rings. The molecule has 0 radical (unpaired) electrons. The first-order valence-electron chi connectivity index (χ1n) is 11.7. The van der Waals surface area contributed by atoms with E-state index in [0.717, 1.165) is 16.8 Å². The predicted octanol–water partition coefficient (Wildman–Crippen LogP) is 5.96. The average Bonchev–Trinajstić information content (AvgIpc) is 3.56. The number of ether oxygens (including phenoxy) is 1. The lowest BCUT2D eigenvalue weighted by atomic mass is 9.94. The van der Waals surface area contributed by atoms with Gasteiger partial charge in [0.1, 0.15) is 12.4 Å². The molecule has 0 bridgehead atoms. The van der Waals surface area contributed by atoms with Gasteiger partial charge in [-0.15, -0.1) is 0 Å². The lowest BCUT2D eigenvalue weighted by Crippen LogP contribution is -2.38. The summed E-state index contributed by atoms with van der Waals surface area (Å²) in [6, 6.07) is 19.9. The maximum atomic E-state index is 13.5. The molecule has 1 atom stereocenters. The molecule has 9 heteroatoms. The molecule has 0 spiro atoms. The lowest BCUT2D eigenvalue weighted by Gasteiger charge is -2.36. The molecule has 1 N–H and O–H groups in total. The Hall–Kier alpha value is -3.75. The second-order valence-corrected chi connectivity index (χ2v) is 9.82.